The van der Waals surface area contributed by atoms with E-state index >= 15 is 0 Å². The first kappa shape index (κ1) is 19.2. The van der Waals surface area contributed by atoms with Crippen molar-refractivity contribution in [1.29, 1.82) is 0 Å². The summed E-state index contributed by atoms with van der Waals surface area (Å²) < 4.78 is 1.75. The van der Waals surface area contributed by atoms with E-state index in [4.69, 9.17) is 5.73 Å². The Labute approximate surface area is 143 Å². The summed E-state index contributed by atoms with van der Waals surface area (Å²) in [6, 6.07) is 9.34. The number of nitrogens with two attached hydrogens (primary N) is 1. The number of halogens is 1. The number of anilines is 1. The fraction of sp³-hybridized carbons (Fsp3) is 0.412. The van der Waals surface area contributed by atoms with Gasteiger partial charge in [0.25, 0.3) is 0 Å². The average Bonchev–Trinajstić information content (AvgIpc) is 2.83. The first-order chi connectivity index (χ1) is 10.2. The zero-order valence-corrected chi connectivity index (χ0v) is 15.1. The third kappa shape index (κ3) is 4.56. The van der Waals surface area contributed by atoms with Gasteiger partial charge in [-0.05, 0) is 26.0 Å². The minimum absolute atomic E-state index is 0. The normalized spacial score (nSPS) is 12.4. The Hall–Kier alpha value is -1.85. The molecule has 0 radical (unpaired) electrons. The summed E-state index contributed by atoms with van der Waals surface area (Å²) in [6.45, 7) is 9.96. The molecule has 5 nitrogen and oxygen atoms in total. The number of aromatic nitrogens is 2. The summed E-state index contributed by atoms with van der Waals surface area (Å²) in [7, 11) is 0. The highest BCUT2D eigenvalue weighted by atomic mass is 35.5. The van der Waals surface area contributed by atoms with Crippen LogP contribution in [0, 0.1) is 6.92 Å². The Morgan fingerprint density at radius 2 is 1.83 bits per heavy atom. The molecule has 2 aromatic rings. The molecule has 0 saturated heterocycles. The summed E-state index contributed by atoms with van der Waals surface area (Å²) in [5, 5.41) is 7.51. The van der Waals surface area contributed by atoms with Crippen molar-refractivity contribution in [2.75, 3.05) is 5.32 Å². The van der Waals surface area contributed by atoms with Crippen LogP contribution in [-0.2, 0) is 10.2 Å². The van der Waals surface area contributed by atoms with Crippen molar-refractivity contribution in [1.82, 2.24) is 9.78 Å². The largest absolute Gasteiger partial charge is 0.320 e. The maximum atomic E-state index is 11.9. The highest BCUT2D eigenvalue weighted by Gasteiger charge is 2.22. The smallest absolute Gasteiger partial charge is 0.242 e. The minimum atomic E-state index is -0.570. The first-order valence-corrected chi connectivity index (χ1v) is 7.42. The van der Waals surface area contributed by atoms with E-state index in [2.05, 4.69) is 31.2 Å². The van der Waals surface area contributed by atoms with Crippen molar-refractivity contribution in [3.63, 3.8) is 0 Å². The maximum absolute atomic E-state index is 11.9. The van der Waals surface area contributed by atoms with Crippen LogP contribution in [0.4, 0.5) is 5.82 Å². The molecule has 1 heterocycles. The maximum Gasteiger partial charge on any atom is 0.242 e. The SMILES string of the molecule is Cc1ccc(-n2nc(C(C)(C)C)cc2NC(=O)[C@H](C)N)cc1.Cl. The molecule has 126 valence electrons. The van der Waals surface area contributed by atoms with Crippen LogP contribution in [0.15, 0.2) is 30.3 Å². The third-order valence-electron chi connectivity index (χ3n) is 3.42. The molecule has 6 heteroatoms. The molecule has 1 aromatic carbocycles. The van der Waals surface area contributed by atoms with Crippen molar-refractivity contribution in [2.24, 2.45) is 5.73 Å². The van der Waals surface area contributed by atoms with E-state index in [1.807, 2.05) is 37.3 Å². The van der Waals surface area contributed by atoms with Gasteiger partial charge in [0.2, 0.25) is 5.91 Å². The second kappa shape index (κ2) is 7.15. The van der Waals surface area contributed by atoms with Crippen molar-refractivity contribution in [3.05, 3.63) is 41.6 Å². The van der Waals surface area contributed by atoms with Gasteiger partial charge in [-0.2, -0.15) is 5.10 Å². The van der Waals surface area contributed by atoms with Crippen LogP contribution >= 0.6 is 12.4 Å². The molecule has 0 aliphatic heterocycles. The van der Waals surface area contributed by atoms with E-state index in [0.717, 1.165) is 11.4 Å². The standard InChI is InChI=1S/C17H24N4O.ClH/c1-11-6-8-13(9-7-11)21-15(19-16(22)12(2)18)10-14(20-21)17(3,4)5;/h6-10,12H,18H2,1-5H3,(H,19,22);1H/t12-;/m0./s1. The fourth-order valence-electron chi connectivity index (χ4n) is 1.96. The number of hydrogen-bond donors (Lipinski definition) is 2. The Morgan fingerprint density at radius 3 is 2.30 bits per heavy atom. The summed E-state index contributed by atoms with van der Waals surface area (Å²) in [4.78, 5) is 11.9. The van der Waals surface area contributed by atoms with Crippen LogP contribution in [0.3, 0.4) is 0 Å². The number of hydrogen-bond acceptors (Lipinski definition) is 3. The summed E-state index contributed by atoms with van der Waals surface area (Å²) >= 11 is 0. The molecule has 2 rings (SSSR count). The van der Waals surface area contributed by atoms with Gasteiger partial charge in [0.05, 0.1) is 17.4 Å². The van der Waals surface area contributed by atoms with E-state index in [0.29, 0.717) is 5.82 Å². The molecule has 1 amide bonds. The highest BCUT2D eigenvalue weighted by Crippen LogP contribution is 2.26. The summed E-state index contributed by atoms with van der Waals surface area (Å²) in [5.74, 6) is 0.407. The van der Waals surface area contributed by atoms with Gasteiger partial charge in [-0.25, -0.2) is 4.68 Å². The van der Waals surface area contributed by atoms with Gasteiger partial charge < -0.3 is 11.1 Å². The fourth-order valence-corrected chi connectivity index (χ4v) is 1.96. The topological polar surface area (TPSA) is 72.9 Å². The number of amides is 1. The van der Waals surface area contributed by atoms with Crippen molar-refractivity contribution in [3.8, 4) is 5.69 Å². The Morgan fingerprint density at radius 1 is 1.26 bits per heavy atom. The van der Waals surface area contributed by atoms with Gasteiger partial charge in [0.1, 0.15) is 5.82 Å². The summed E-state index contributed by atoms with van der Waals surface area (Å²) in [5.41, 5.74) is 8.52. The van der Waals surface area contributed by atoms with Gasteiger partial charge in [-0.1, -0.05) is 38.5 Å². The molecule has 0 bridgehead atoms. The molecule has 1 aromatic heterocycles. The van der Waals surface area contributed by atoms with Gasteiger partial charge in [-0.3, -0.25) is 4.79 Å². The van der Waals surface area contributed by atoms with Gasteiger partial charge in [0, 0.05) is 11.5 Å². The number of carbonyl (C=O) groups excluding carboxylic acids is 1. The van der Waals surface area contributed by atoms with Crippen LogP contribution in [0.1, 0.15) is 39.0 Å². The van der Waals surface area contributed by atoms with E-state index in [9.17, 15) is 4.79 Å². The van der Waals surface area contributed by atoms with E-state index in [1.54, 1.807) is 11.6 Å². The van der Waals surface area contributed by atoms with Gasteiger partial charge in [-0.15, -0.1) is 12.4 Å². The zero-order valence-electron chi connectivity index (χ0n) is 14.3. The number of benzene rings is 1. The van der Waals surface area contributed by atoms with Crippen molar-refractivity contribution in [2.45, 2.75) is 46.1 Å². The lowest BCUT2D eigenvalue weighted by molar-refractivity contribution is -0.117. The number of carbonyl (C=O) groups is 1. The molecule has 23 heavy (non-hydrogen) atoms. The first-order valence-electron chi connectivity index (χ1n) is 7.42. The predicted octanol–water partition coefficient (Wildman–Crippen LogP) is 3.19. The number of nitrogens with zero attached hydrogens (tertiary/aromatic N) is 2. The van der Waals surface area contributed by atoms with E-state index < -0.39 is 6.04 Å². The lowest BCUT2D eigenvalue weighted by Gasteiger charge is -2.14. The molecular formula is C17H25ClN4O. The molecule has 0 aliphatic carbocycles. The summed E-state index contributed by atoms with van der Waals surface area (Å²) in [6.07, 6.45) is 0. The van der Waals surface area contributed by atoms with Crippen molar-refractivity contribution < 1.29 is 4.79 Å². The zero-order chi connectivity index (χ0) is 16.5. The van der Waals surface area contributed by atoms with E-state index in [1.165, 1.54) is 5.56 Å². The van der Waals surface area contributed by atoms with Crippen LogP contribution in [-0.4, -0.2) is 21.7 Å². The lowest BCUT2D eigenvalue weighted by atomic mass is 9.92. The predicted molar refractivity (Wildman–Crippen MR) is 96.5 cm³/mol. The molecule has 0 saturated carbocycles. The molecule has 0 spiro atoms. The number of aryl methyl sites for hydroxylation is 1. The van der Waals surface area contributed by atoms with Crippen LogP contribution < -0.4 is 11.1 Å². The van der Waals surface area contributed by atoms with Crippen LogP contribution in [0.25, 0.3) is 5.69 Å². The third-order valence-corrected chi connectivity index (χ3v) is 3.42. The Kier molecular flexibility index (Phi) is 5.97. The average molecular weight is 337 g/mol. The van der Waals surface area contributed by atoms with Crippen LogP contribution in [0.2, 0.25) is 0 Å². The van der Waals surface area contributed by atoms with Crippen molar-refractivity contribution >= 4 is 24.1 Å². The molecule has 0 fully saturated rings. The molecule has 3 N–H and O–H groups in total. The Bertz CT molecular complexity index is 669. The quantitative estimate of drug-likeness (QED) is 0.904. The van der Waals surface area contributed by atoms with Gasteiger partial charge >= 0.3 is 0 Å². The van der Waals surface area contributed by atoms with Gasteiger partial charge in [0.15, 0.2) is 0 Å². The highest BCUT2D eigenvalue weighted by molar-refractivity contribution is 5.94. The molecular weight excluding hydrogens is 312 g/mol. The second-order valence-electron chi connectivity index (χ2n) is 6.69. The lowest BCUT2D eigenvalue weighted by Crippen LogP contribution is -2.33. The number of rotatable bonds is 3. The van der Waals surface area contributed by atoms with Crippen LogP contribution in [0.5, 0.6) is 0 Å². The second-order valence-corrected chi connectivity index (χ2v) is 6.69. The minimum Gasteiger partial charge on any atom is -0.320 e. The Balaban J connectivity index is 0.00000264. The molecule has 1 atom stereocenters. The molecule has 0 aliphatic rings. The number of nitrogens with one attached hydrogen (secondary N) is 1. The van der Waals surface area contributed by atoms with E-state index in [-0.39, 0.29) is 23.7 Å². The molecule has 0 unspecified atom stereocenters. The monoisotopic (exact) mass is 336 g/mol.